The van der Waals surface area contributed by atoms with Gasteiger partial charge in [0.05, 0.1) is 50.3 Å². The number of aliphatic hydroxyl groups excluding tert-OH is 10. The van der Waals surface area contributed by atoms with Crippen molar-refractivity contribution in [2.24, 2.45) is 45.3 Å². The summed E-state index contributed by atoms with van der Waals surface area (Å²) in [6, 6.07) is 0. The molecular weight excluding hydrogens is 961 g/mol. The van der Waals surface area contributed by atoms with Crippen LogP contribution in [-0.2, 0) is 47.4 Å². The van der Waals surface area contributed by atoms with Crippen LogP contribution in [-0.4, -0.2) is 217 Å². The molecule has 0 radical (unpaired) electrons. The van der Waals surface area contributed by atoms with E-state index in [0.717, 1.165) is 44.1 Å². The van der Waals surface area contributed by atoms with Crippen molar-refractivity contribution in [3.63, 3.8) is 0 Å². The van der Waals surface area contributed by atoms with Crippen molar-refractivity contribution in [1.29, 1.82) is 0 Å². The van der Waals surface area contributed by atoms with Gasteiger partial charge in [0.1, 0.15) is 79.4 Å². The number of hydrogen-bond donors (Lipinski definition) is 11. The van der Waals surface area contributed by atoms with Crippen LogP contribution in [0.2, 0.25) is 0 Å². The van der Waals surface area contributed by atoms with Crippen LogP contribution in [0.5, 0.6) is 0 Å². The predicted octanol–water partition coefficient (Wildman–Crippen LogP) is -0.542. The second-order valence-corrected chi connectivity index (χ2v) is 25.3. The highest BCUT2D eigenvalue weighted by molar-refractivity contribution is 5.27. The molecule has 0 aromatic heterocycles. The molecule has 0 aromatic rings. The molecule has 0 amide bonds. The van der Waals surface area contributed by atoms with Crippen LogP contribution in [0.3, 0.4) is 0 Å². The van der Waals surface area contributed by atoms with Gasteiger partial charge in [-0.2, -0.15) is 0 Å². The lowest BCUT2D eigenvalue weighted by molar-refractivity contribution is -0.399. The second-order valence-electron chi connectivity index (χ2n) is 25.3. The molecule has 418 valence electrons. The maximum Gasteiger partial charge on any atom is 0.187 e. The summed E-state index contributed by atoms with van der Waals surface area (Å²) >= 11 is 0. The van der Waals surface area contributed by atoms with E-state index in [2.05, 4.69) is 47.6 Å². The Balaban J connectivity index is 0.919. The highest BCUT2D eigenvalue weighted by Crippen LogP contribution is 2.80. The summed E-state index contributed by atoms with van der Waals surface area (Å²) in [7, 11) is 0. The van der Waals surface area contributed by atoms with Crippen molar-refractivity contribution in [2.75, 3.05) is 26.4 Å². The largest absolute Gasteiger partial charge is 0.394 e. The number of aliphatic hydroxyl groups is 11. The molecule has 6 saturated heterocycles. The second kappa shape index (κ2) is 19.6. The van der Waals surface area contributed by atoms with Crippen molar-refractivity contribution < 1.29 is 104 Å². The van der Waals surface area contributed by atoms with Gasteiger partial charge in [0.2, 0.25) is 0 Å². The van der Waals surface area contributed by atoms with Gasteiger partial charge in [-0.05, 0) is 100 Å². The Bertz CT molecular complexity index is 2010. The SMILES string of the molecule is CC(C)=C[C@@H]1C[C@](C)(O)C2C3CC[C@@H]4[C@@]5(C)CC[C@H](O[C@@H]6OC[C@H](O)[C@H](O[C@@H]7O[C@H](CO)[C@@H](O)[C@H](O)[C@H]7O[C@@H]7OC[C@@H](O)[C@H](O)[C@H]7O)[C@H]6O[C@H]6O[C@H](C)[C@H](O)[C@H](O)[C@H]6O)C(C)(C)[C@@H]5CC[C@@]4(C)[C@@]34CO[C@@]2(C4)O1. The monoisotopic (exact) mass is 1040 g/mol. The van der Waals surface area contributed by atoms with Crippen molar-refractivity contribution in [3.8, 4) is 0 Å². The Morgan fingerprint density at radius 3 is 2.03 bits per heavy atom. The summed E-state index contributed by atoms with van der Waals surface area (Å²) in [6.45, 7) is 15.9. The fourth-order valence-electron chi connectivity index (χ4n) is 16.9. The Morgan fingerprint density at radius 2 is 1.32 bits per heavy atom. The fourth-order valence-corrected chi connectivity index (χ4v) is 16.9. The first kappa shape index (κ1) is 55.2. The summed E-state index contributed by atoms with van der Waals surface area (Å²) in [6.07, 6.45) is -20.8. The predicted molar refractivity (Wildman–Crippen MR) is 250 cm³/mol. The first-order valence-electron chi connectivity index (χ1n) is 26.8. The summed E-state index contributed by atoms with van der Waals surface area (Å²) in [4.78, 5) is 0. The zero-order valence-corrected chi connectivity index (χ0v) is 43.4. The van der Waals surface area contributed by atoms with E-state index in [0.29, 0.717) is 25.4 Å². The van der Waals surface area contributed by atoms with Crippen LogP contribution in [0.1, 0.15) is 107 Å². The zero-order chi connectivity index (χ0) is 52.7. The van der Waals surface area contributed by atoms with Crippen LogP contribution < -0.4 is 0 Å². The number of hydrogen-bond acceptors (Lipinski definition) is 21. The molecule has 10 rings (SSSR count). The molecule has 4 aliphatic carbocycles. The molecule has 0 aromatic carbocycles. The minimum atomic E-state index is -1.87. The Morgan fingerprint density at radius 1 is 0.644 bits per heavy atom. The number of rotatable bonds is 10. The first-order valence-corrected chi connectivity index (χ1v) is 26.8. The maximum atomic E-state index is 12.3. The van der Waals surface area contributed by atoms with E-state index in [9.17, 15) is 56.2 Å². The third kappa shape index (κ3) is 8.77. The van der Waals surface area contributed by atoms with Gasteiger partial charge in [0.15, 0.2) is 30.9 Å². The minimum absolute atomic E-state index is 0.108. The van der Waals surface area contributed by atoms with E-state index in [4.69, 9.17) is 47.4 Å². The lowest BCUT2D eigenvalue weighted by atomic mass is 9.35. The summed E-state index contributed by atoms with van der Waals surface area (Å²) in [5.41, 5.74) is -0.717. The van der Waals surface area contributed by atoms with E-state index in [1.165, 1.54) is 6.92 Å². The van der Waals surface area contributed by atoms with Gasteiger partial charge in [-0.25, -0.2) is 0 Å². The molecular formula is C52H84O21. The van der Waals surface area contributed by atoms with E-state index in [-0.39, 0.29) is 46.7 Å². The highest BCUT2D eigenvalue weighted by atomic mass is 16.8. The van der Waals surface area contributed by atoms with Crippen LogP contribution >= 0.6 is 0 Å². The smallest absolute Gasteiger partial charge is 0.187 e. The van der Waals surface area contributed by atoms with E-state index in [1.54, 1.807) is 0 Å². The van der Waals surface area contributed by atoms with Crippen molar-refractivity contribution in [1.82, 2.24) is 0 Å². The van der Waals surface area contributed by atoms with Gasteiger partial charge in [-0.1, -0.05) is 39.3 Å². The molecule has 6 heterocycles. The van der Waals surface area contributed by atoms with Crippen LogP contribution in [0.4, 0.5) is 0 Å². The Kier molecular flexibility index (Phi) is 14.8. The quantitative estimate of drug-likeness (QED) is 0.0967. The van der Waals surface area contributed by atoms with E-state index in [1.807, 2.05) is 6.92 Å². The van der Waals surface area contributed by atoms with Crippen LogP contribution in [0.25, 0.3) is 0 Å². The number of fused-ring (bicyclic) bond motifs is 4. The van der Waals surface area contributed by atoms with Crippen molar-refractivity contribution in [2.45, 2.75) is 241 Å². The highest BCUT2D eigenvalue weighted by Gasteiger charge is 2.81. The van der Waals surface area contributed by atoms with Crippen LogP contribution in [0, 0.1) is 45.3 Å². The Hall–Kier alpha value is -1.10. The molecule has 73 heavy (non-hydrogen) atoms. The first-order chi connectivity index (χ1) is 34.2. The van der Waals surface area contributed by atoms with Crippen LogP contribution in [0.15, 0.2) is 11.6 Å². The van der Waals surface area contributed by atoms with Gasteiger partial charge in [0, 0.05) is 24.2 Å². The number of ether oxygens (including phenoxy) is 10. The normalized spacial score (nSPS) is 57.5. The molecule has 11 N–H and O–H groups in total. The Labute approximate surface area is 426 Å². The lowest BCUT2D eigenvalue weighted by Crippen LogP contribution is -2.68. The van der Waals surface area contributed by atoms with E-state index < -0.39 is 147 Å². The molecule has 29 atom stereocenters. The molecule has 4 saturated carbocycles. The maximum absolute atomic E-state index is 12.3. The summed E-state index contributed by atoms with van der Waals surface area (Å²) < 4.78 is 63.4. The van der Waals surface area contributed by atoms with Gasteiger partial charge in [0.25, 0.3) is 0 Å². The molecule has 10 fully saturated rings. The van der Waals surface area contributed by atoms with Gasteiger partial charge < -0.3 is 104 Å². The third-order valence-electron chi connectivity index (χ3n) is 20.4. The summed E-state index contributed by atoms with van der Waals surface area (Å²) in [5, 5.41) is 121. The fraction of sp³-hybridized carbons (Fsp3) is 0.962. The topological polar surface area (TPSA) is 315 Å². The van der Waals surface area contributed by atoms with E-state index >= 15 is 0 Å². The zero-order valence-electron chi connectivity index (χ0n) is 43.4. The van der Waals surface area contributed by atoms with Gasteiger partial charge in [-0.3, -0.25) is 0 Å². The van der Waals surface area contributed by atoms with Crippen molar-refractivity contribution in [3.05, 3.63) is 11.6 Å². The third-order valence-corrected chi connectivity index (χ3v) is 20.4. The molecule has 2 unspecified atom stereocenters. The summed E-state index contributed by atoms with van der Waals surface area (Å²) in [5.74, 6) is -0.230. The standard InChI is InChI=1S/C52H84O21/c1-22(2)15-24-16-50(8,63)42-25-9-10-30-48(6)13-12-31(47(4,5)29(48)11-14-49(30,7)51(25)20-52(42,73-24)66-21-51)69-45-41(72-44-38(62)35(59)32(56)23(3)67-44)39(27(55)19-65-45)70-46-40(36(60)34(58)28(17-53)68-46)71-43-37(61)33(57)26(54)18-64-43/h15,23-46,53-63H,9-14,16-21H2,1-8H3/t23-,24-,25?,26-,27+,28-,29+,30-,31+,32+,33+,34-,35+,36+,37-,38-,39+,40-,41-,42?,43+,44-,45+,46+,48+,49-,50+,51+,52+/m1/s1. The molecule has 21 heteroatoms. The van der Waals surface area contributed by atoms with Gasteiger partial charge in [-0.15, -0.1) is 0 Å². The lowest BCUT2D eigenvalue weighted by Gasteiger charge is -2.70. The van der Waals surface area contributed by atoms with Gasteiger partial charge >= 0.3 is 0 Å². The average Bonchev–Trinajstić information content (AvgIpc) is 3.85. The average molecular weight is 1050 g/mol. The number of allylic oxidation sites excluding steroid dienone is 1. The molecule has 6 aliphatic heterocycles. The molecule has 10 aliphatic rings. The minimum Gasteiger partial charge on any atom is -0.394 e. The molecule has 2 spiro atoms. The molecule has 21 nitrogen and oxygen atoms in total. The molecule has 2 bridgehead atoms. The van der Waals surface area contributed by atoms with Crippen molar-refractivity contribution >= 4 is 0 Å².